The van der Waals surface area contributed by atoms with Gasteiger partial charge in [0, 0.05) is 23.5 Å². The first kappa shape index (κ1) is 22.9. The zero-order valence-electron chi connectivity index (χ0n) is 17.3. The van der Waals surface area contributed by atoms with Gasteiger partial charge in [-0.25, -0.2) is 9.59 Å². The molecule has 2 aromatic rings. The third-order valence-electron chi connectivity index (χ3n) is 4.82. The molecule has 0 saturated heterocycles. The fraction of sp³-hybridized carbons (Fsp3) is 0.400. The Labute approximate surface area is 186 Å². The number of esters is 3. The summed E-state index contributed by atoms with van der Waals surface area (Å²) in [5.41, 5.74) is 1.26. The molecule has 0 spiro atoms. The molecule has 11 heteroatoms. The van der Waals surface area contributed by atoms with E-state index in [1.165, 1.54) is 31.8 Å². The van der Waals surface area contributed by atoms with E-state index in [2.05, 4.69) is 16.1 Å². The molecule has 1 aliphatic heterocycles. The van der Waals surface area contributed by atoms with Crippen LogP contribution in [0.25, 0.3) is 0 Å². The van der Waals surface area contributed by atoms with E-state index in [9.17, 15) is 19.2 Å². The topological polar surface area (TPSA) is 111 Å². The lowest BCUT2D eigenvalue weighted by Gasteiger charge is -2.26. The van der Waals surface area contributed by atoms with Crippen LogP contribution < -0.4 is 5.32 Å². The molecule has 3 rings (SSSR count). The number of ether oxygens (including phenoxy) is 3. The second-order valence-electron chi connectivity index (χ2n) is 6.73. The minimum absolute atomic E-state index is 0.0319. The van der Waals surface area contributed by atoms with Crippen molar-refractivity contribution >= 4 is 51.5 Å². The Kier molecular flexibility index (Phi) is 7.42. The third kappa shape index (κ3) is 5.12. The SMILES string of the molecule is COC(=O)Cc1c(C(=O)OC)sc(NC(=O)CN2CCc3sccc3C2)c1C(=O)OC. The van der Waals surface area contributed by atoms with E-state index in [-0.39, 0.29) is 39.9 Å². The maximum Gasteiger partial charge on any atom is 0.348 e. The number of fused-ring (bicyclic) bond motifs is 1. The standard InChI is InChI=1S/C20H22N2O7S2/c1-27-15(24)8-12-16(19(25)28-2)18(31-17(12)20(26)29-3)21-14(23)10-22-6-4-13-11(9-22)5-7-30-13/h5,7H,4,6,8-10H2,1-3H3,(H,21,23). The predicted octanol–water partition coefficient (Wildman–Crippen LogP) is 2.10. The molecule has 3 heterocycles. The van der Waals surface area contributed by atoms with E-state index in [0.29, 0.717) is 6.54 Å². The van der Waals surface area contributed by atoms with E-state index in [1.54, 1.807) is 11.3 Å². The van der Waals surface area contributed by atoms with Crippen LogP contribution in [0.4, 0.5) is 5.00 Å². The van der Waals surface area contributed by atoms with Crippen molar-refractivity contribution in [3.63, 3.8) is 0 Å². The average Bonchev–Trinajstić information content (AvgIpc) is 3.36. The smallest absolute Gasteiger partial charge is 0.348 e. The molecular weight excluding hydrogens is 444 g/mol. The molecule has 31 heavy (non-hydrogen) atoms. The number of hydrogen-bond donors (Lipinski definition) is 1. The van der Waals surface area contributed by atoms with E-state index in [4.69, 9.17) is 9.47 Å². The van der Waals surface area contributed by atoms with Gasteiger partial charge in [0.05, 0.1) is 39.9 Å². The van der Waals surface area contributed by atoms with Gasteiger partial charge in [0.2, 0.25) is 5.91 Å². The second-order valence-corrected chi connectivity index (χ2v) is 8.75. The number of nitrogens with one attached hydrogen (secondary N) is 1. The Hall–Kier alpha value is -2.76. The lowest BCUT2D eigenvalue weighted by molar-refractivity contribution is -0.139. The molecule has 0 bridgehead atoms. The van der Waals surface area contributed by atoms with Crippen LogP contribution in [0.1, 0.15) is 36.0 Å². The molecule has 0 saturated carbocycles. The lowest BCUT2D eigenvalue weighted by atomic mass is 10.1. The molecule has 166 valence electrons. The number of methoxy groups -OCH3 is 3. The van der Waals surface area contributed by atoms with E-state index >= 15 is 0 Å². The molecule has 0 fully saturated rings. The summed E-state index contributed by atoms with van der Waals surface area (Å²) in [4.78, 5) is 52.7. The Morgan fingerprint density at radius 2 is 1.84 bits per heavy atom. The van der Waals surface area contributed by atoms with Gasteiger partial charge in [-0.3, -0.25) is 14.5 Å². The molecule has 0 unspecified atom stereocenters. The number of hydrogen-bond acceptors (Lipinski definition) is 10. The molecule has 2 aromatic heterocycles. The van der Waals surface area contributed by atoms with Crippen molar-refractivity contribution in [3.05, 3.63) is 37.9 Å². The number of nitrogens with zero attached hydrogens (tertiary/aromatic N) is 1. The van der Waals surface area contributed by atoms with Crippen LogP contribution in [0.3, 0.4) is 0 Å². The van der Waals surface area contributed by atoms with Crippen molar-refractivity contribution < 1.29 is 33.4 Å². The number of rotatable bonds is 7. The number of carbonyl (C=O) groups is 4. The van der Waals surface area contributed by atoms with Crippen molar-refractivity contribution in [2.75, 3.05) is 39.7 Å². The largest absolute Gasteiger partial charge is 0.469 e. The number of amides is 1. The Balaban J connectivity index is 1.85. The Bertz CT molecular complexity index is 1010. The normalized spacial score (nSPS) is 13.3. The van der Waals surface area contributed by atoms with Crippen molar-refractivity contribution in [2.24, 2.45) is 0 Å². The van der Waals surface area contributed by atoms with Crippen LogP contribution in [-0.2, 0) is 43.2 Å². The van der Waals surface area contributed by atoms with E-state index < -0.39 is 17.9 Å². The molecule has 0 radical (unpaired) electrons. The summed E-state index contributed by atoms with van der Waals surface area (Å²) in [6.07, 6.45) is 0.535. The van der Waals surface area contributed by atoms with Gasteiger partial charge in [-0.1, -0.05) is 0 Å². The molecule has 9 nitrogen and oxygen atoms in total. The molecule has 1 aliphatic rings. The van der Waals surface area contributed by atoms with Crippen molar-refractivity contribution in [1.82, 2.24) is 4.90 Å². The van der Waals surface area contributed by atoms with Gasteiger partial charge in [0.15, 0.2) is 0 Å². The second kappa shape index (κ2) is 10.0. The maximum atomic E-state index is 12.7. The Morgan fingerprint density at radius 3 is 2.52 bits per heavy atom. The zero-order valence-corrected chi connectivity index (χ0v) is 18.9. The van der Waals surface area contributed by atoms with Crippen LogP contribution in [0.15, 0.2) is 11.4 Å². The minimum atomic E-state index is -0.776. The van der Waals surface area contributed by atoms with E-state index in [0.717, 1.165) is 24.3 Å². The van der Waals surface area contributed by atoms with Crippen LogP contribution >= 0.6 is 22.7 Å². The van der Waals surface area contributed by atoms with Gasteiger partial charge in [0.1, 0.15) is 9.88 Å². The highest BCUT2D eigenvalue weighted by atomic mass is 32.1. The van der Waals surface area contributed by atoms with Crippen LogP contribution in [0.2, 0.25) is 0 Å². The maximum absolute atomic E-state index is 12.7. The highest BCUT2D eigenvalue weighted by Crippen LogP contribution is 2.35. The zero-order chi connectivity index (χ0) is 22.5. The quantitative estimate of drug-likeness (QED) is 0.488. The minimum Gasteiger partial charge on any atom is -0.469 e. The summed E-state index contributed by atoms with van der Waals surface area (Å²) in [5, 5.41) is 4.87. The highest BCUT2D eigenvalue weighted by molar-refractivity contribution is 7.18. The average molecular weight is 467 g/mol. The molecule has 0 atom stereocenters. The first-order valence-electron chi connectivity index (χ1n) is 9.34. The summed E-state index contributed by atoms with van der Waals surface area (Å²) >= 11 is 2.58. The van der Waals surface area contributed by atoms with Gasteiger partial charge >= 0.3 is 17.9 Å². The third-order valence-corrected chi connectivity index (χ3v) is 6.97. The first-order valence-corrected chi connectivity index (χ1v) is 11.0. The number of anilines is 1. The van der Waals surface area contributed by atoms with Crippen LogP contribution in [0, 0.1) is 0 Å². The summed E-state index contributed by atoms with van der Waals surface area (Å²) in [7, 11) is 3.57. The van der Waals surface area contributed by atoms with Gasteiger partial charge in [0.25, 0.3) is 0 Å². The first-order chi connectivity index (χ1) is 14.9. The summed E-state index contributed by atoms with van der Waals surface area (Å²) in [6.45, 7) is 1.53. The predicted molar refractivity (Wildman–Crippen MR) is 115 cm³/mol. The van der Waals surface area contributed by atoms with Crippen molar-refractivity contribution in [3.8, 4) is 0 Å². The van der Waals surface area contributed by atoms with Gasteiger partial charge in [-0.2, -0.15) is 0 Å². The number of thiophene rings is 2. The van der Waals surface area contributed by atoms with E-state index in [1.807, 2.05) is 10.3 Å². The monoisotopic (exact) mass is 466 g/mol. The number of carbonyl (C=O) groups excluding carboxylic acids is 4. The molecule has 1 amide bonds. The van der Waals surface area contributed by atoms with Crippen molar-refractivity contribution in [1.29, 1.82) is 0 Å². The van der Waals surface area contributed by atoms with Gasteiger partial charge in [-0.05, 0) is 23.4 Å². The summed E-state index contributed by atoms with van der Waals surface area (Å²) in [6, 6.07) is 2.06. The molecular formula is C20H22N2O7S2. The fourth-order valence-electron chi connectivity index (χ4n) is 3.33. The van der Waals surface area contributed by atoms with Gasteiger partial charge < -0.3 is 19.5 Å². The lowest BCUT2D eigenvalue weighted by Crippen LogP contribution is -2.36. The highest BCUT2D eigenvalue weighted by Gasteiger charge is 2.31. The molecule has 0 aromatic carbocycles. The fourth-order valence-corrected chi connectivity index (χ4v) is 5.36. The van der Waals surface area contributed by atoms with Crippen molar-refractivity contribution in [2.45, 2.75) is 19.4 Å². The van der Waals surface area contributed by atoms with Gasteiger partial charge in [-0.15, -0.1) is 22.7 Å². The van der Waals surface area contributed by atoms with Crippen LogP contribution in [-0.4, -0.2) is 63.1 Å². The summed E-state index contributed by atoms with van der Waals surface area (Å²) in [5.74, 6) is -2.49. The van der Waals surface area contributed by atoms with Crippen LogP contribution in [0.5, 0.6) is 0 Å². The Morgan fingerprint density at radius 1 is 1.10 bits per heavy atom. The summed E-state index contributed by atoms with van der Waals surface area (Å²) < 4.78 is 14.3. The molecule has 1 N–H and O–H groups in total. The molecule has 0 aliphatic carbocycles.